The SMILES string of the molecule is O=C1C2C3C=CC(C3=C(c3ccccc3)c3ccccc3)C2C(=O)N1c1ccc(F)cc1. The van der Waals surface area contributed by atoms with E-state index in [1.54, 1.807) is 0 Å². The third-order valence-corrected chi connectivity index (χ3v) is 6.91. The molecule has 3 aromatic carbocycles. The van der Waals surface area contributed by atoms with Crippen LogP contribution in [0.4, 0.5) is 10.1 Å². The summed E-state index contributed by atoms with van der Waals surface area (Å²) in [5.74, 6) is -1.86. The largest absolute Gasteiger partial charge is 0.274 e. The number of hydrogen-bond acceptors (Lipinski definition) is 2. The van der Waals surface area contributed by atoms with Gasteiger partial charge in [-0.15, -0.1) is 0 Å². The number of hydrogen-bond donors (Lipinski definition) is 0. The smallest absolute Gasteiger partial charge is 0.238 e. The first-order valence-corrected chi connectivity index (χ1v) is 10.8. The summed E-state index contributed by atoms with van der Waals surface area (Å²) >= 11 is 0. The van der Waals surface area contributed by atoms with Crippen LogP contribution in [0.3, 0.4) is 0 Å². The Labute approximate surface area is 185 Å². The number of anilines is 1. The summed E-state index contributed by atoms with van der Waals surface area (Å²) in [5, 5.41) is 0. The Hall–Kier alpha value is -3.79. The second kappa shape index (κ2) is 7.13. The van der Waals surface area contributed by atoms with Crippen molar-refractivity contribution >= 4 is 23.1 Å². The molecule has 0 spiro atoms. The molecule has 1 heterocycles. The fraction of sp³-hybridized carbons (Fsp3) is 0.143. The summed E-state index contributed by atoms with van der Waals surface area (Å²) in [6.07, 6.45) is 4.18. The number of halogens is 1. The Kier molecular flexibility index (Phi) is 4.22. The maximum absolute atomic E-state index is 13.5. The minimum absolute atomic E-state index is 0.123. The first-order valence-electron chi connectivity index (χ1n) is 10.8. The molecule has 1 aliphatic heterocycles. The predicted molar refractivity (Wildman–Crippen MR) is 121 cm³/mol. The predicted octanol–water partition coefficient (Wildman–Crippen LogP) is 5.25. The standard InChI is InChI=1S/C28H20FNO2/c29-19-11-13-20(14-12-19)30-27(31)25-21-15-16-22(26(25)28(30)32)24(21)23(17-7-3-1-4-8-17)18-9-5-2-6-10-18/h1-16,21-22,25-26H. The third-order valence-electron chi connectivity index (χ3n) is 6.91. The van der Waals surface area contributed by atoms with Crippen LogP contribution in [0.25, 0.3) is 5.57 Å². The third kappa shape index (κ3) is 2.65. The number of nitrogens with zero attached hydrogens (tertiary/aromatic N) is 1. The maximum Gasteiger partial charge on any atom is 0.238 e. The molecule has 2 amide bonds. The van der Waals surface area contributed by atoms with E-state index in [2.05, 4.69) is 36.4 Å². The van der Waals surface area contributed by atoms with Gasteiger partial charge in [-0.1, -0.05) is 72.8 Å². The molecule has 2 bridgehead atoms. The van der Waals surface area contributed by atoms with Gasteiger partial charge in [-0.2, -0.15) is 0 Å². The number of fused-ring (bicyclic) bond motifs is 5. The van der Waals surface area contributed by atoms with Crippen LogP contribution < -0.4 is 4.90 Å². The number of amides is 2. The Morgan fingerprint density at radius 1 is 0.656 bits per heavy atom. The molecule has 156 valence electrons. The van der Waals surface area contributed by atoms with E-state index in [1.807, 2.05) is 36.4 Å². The quantitative estimate of drug-likeness (QED) is 0.428. The summed E-state index contributed by atoms with van der Waals surface area (Å²) in [6, 6.07) is 25.9. The topological polar surface area (TPSA) is 37.4 Å². The molecule has 0 aromatic heterocycles. The van der Waals surface area contributed by atoms with Crippen LogP contribution in [0, 0.1) is 29.5 Å². The minimum atomic E-state index is -0.417. The highest BCUT2D eigenvalue weighted by atomic mass is 19.1. The first kappa shape index (κ1) is 18.9. The van der Waals surface area contributed by atoms with Gasteiger partial charge in [0.25, 0.3) is 0 Å². The molecular formula is C28H20FNO2. The van der Waals surface area contributed by atoms with Gasteiger partial charge in [-0.25, -0.2) is 9.29 Å². The Balaban J connectivity index is 1.48. The lowest BCUT2D eigenvalue weighted by molar-refractivity contribution is -0.122. The zero-order chi connectivity index (χ0) is 21.8. The molecule has 4 heteroatoms. The minimum Gasteiger partial charge on any atom is -0.274 e. The molecule has 2 fully saturated rings. The summed E-state index contributed by atoms with van der Waals surface area (Å²) in [7, 11) is 0. The molecule has 0 N–H and O–H groups in total. The van der Waals surface area contributed by atoms with Crippen LogP contribution in [0.1, 0.15) is 11.1 Å². The second-order valence-electron chi connectivity index (χ2n) is 8.54. The first-order chi connectivity index (χ1) is 15.6. The van der Waals surface area contributed by atoms with Crippen LogP contribution in [0.15, 0.2) is 103 Å². The van der Waals surface area contributed by atoms with Crippen LogP contribution in [0.5, 0.6) is 0 Å². The number of imide groups is 1. The van der Waals surface area contributed by atoms with Gasteiger partial charge in [0.1, 0.15) is 5.82 Å². The van der Waals surface area contributed by atoms with E-state index >= 15 is 0 Å². The van der Waals surface area contributed by atoms with Gasteiger partial charge in [-0.3, -0.25) is 9.59 Å². The van der Waals surface area contributed by atoms with Crippen molar-refractivity contribution in [1.29, 1.82) is 0 Å². The van der Waals surface area contributed by atoms with Gasteiger partial charge in [0.2, 0.25) is 11.8 Å². The van der Waals surface area contributed by atoms with E-state index in [-0.39, 0.29) is 23.7 Å². The lowest BCUT2D eigenvalue weighted by atomic mass is 9.85. The van der Waals surface area contributed by atoms with Crippen molar-refractivity contribution in [3.63, 3.8) is 0 Å². The van der Waals surface area contributed by atoms with Gasteiger partial charge in [0.05, 0.1) is 17.5 Å². The molecule has 0 radical (unpaired) electrons. The summed E-state index contributed by atoms with van der Waals surface area (Å²) in [6.45, 7) is 0. The lowest BCUT2D eigenvalue weighted by Crippen LogP contribution is -2.33. The Morgan fingerprint density at radius 2 is 1.12 bits per heavy atom. The van der Waals surface area contributed by atoms with Gasteiger partial charge >= 0.3 is 0 Å². The Morgan fingerprint density at radius 3 is 1.59 bits per heavy atom. The van der Waals surface area contributed by atoms with Gasteiger partial charge in [-0.05, 0) is 46.5 Å². The molecule has 3 nitrogen and oxygen atoms in total. The van der Waals surface area contributed by atoms with E-state index in [0.717, 1.165) is 22.3 Å². The second-order valence-corrected chi connectivity index (χ2v) is 8.54. The molecular weight excluding hydrogens is 401 g/mol. The number of benzene rings is 3. The molecule has 4 atom stereocenters. The van der Waals surface area contributed by atoms with E-state index in [4.69, 9.17) is 0 Å². The molecule has 4 unspecified atom stereocenters. The van der Waals surface area contributed by atoms with Gasteiger partial charge in [0.15, 0.2) is 0 Å². The van der Waals surface area contributed by atoms with Crippen molar-refractivity contribution in [1.82, 2.24) is 0 Å². The average Bonchev–Trinajstić information content (AvgIpc) is 3.46. The zero-order valence-corrected chi connectivity index (χ0v) is 17.2. The van der Waals surface area contributed by atoms with Crippen molar-refractivity contribution in [2.24, 2.45) is 23.7 Å². The number of rotatable bonds is 3. The highest BCUT2D eigenvalue weighted by Gasteiger charge is 2.62. The van der Waals surface area contributed by atoms with Crippen LogP contribution >= 0.6 is 0 Å². The van der Waals surface area contributed by atoms with E-state index in [1.165, 1.54) is 29.2 Å². The van der Waals surface area contributed by atoms with Crippen LogP contribution in [-0.2, 0) is 9.59 Å². The molecule has 32 heavy (non-hydrogen) atoms. The van der Waals surface area contributed by atoms with Gasteiger partial charge < -0.3 is 0 Å². The number of allylic oxidation sites excluding steroid dienone is 3. The average molecular weight is 421 g/mol. The molecule has 2 aliphatic carbocycles. The number of carbonyl (C=O) groups is 2. The summed E-state index contributed by atoms with van der Waals surface area (Å²) in [5.41, 5.74) is 4.87. The molecule has 1 saturated carbocycles. The number of carbonyl (C=O) groups excluding carboxylic acids is 2. The zero-order valence-electron chi connectivity index (χ0n) is 17.2. The highest BCUT2D eigenvalue weighted by molar-refractivity contribution is 6.23. The molecule has 3 aliphatic rings. The highest BCUT2D eigenvalue weighted by Crippen LogP contribution is 2.58. The fourth-order valence-electron chi connectivity index (χ4n) is 5.65. The monoisotopic (exact) mass is 421 g/mol. The van der Waals surface area contributed by atoms with Crippen LogP contribution in [-0.4, -0.2) is 11.8 Å². The molecule has 6 rings (SSSR count). The van der Waals surface area contributed by atoms with Crippen LogP contribution in [0.2, 0.25) is 0 Å². The summed E-state index contributed by atoms with van der Waals surface area (Å²) in [4.78, 5) is 28.2. The summed E-state index contributed by atoms with van der Waals surface area (Å²) < 4.78 is 13.4. The van der Waals surface area contributed by atoms with Gasteiger partial charge in [0, 0.05) is 11.8 Å². The van der Waals surface area contributed by atoms with Crippen molar-refractivity contribution in [2.75, 3.05) is 4.90 Å². The fourth-order valence-corrected chi connectivity index (χ4v) is 5.65. The Bertz CT molecular complexity index is 1200. The molecule has 1 saturated heterocycles. The maximum atomic E-state index is 13.5. The van der Waals surface area contributed by atoms with Crippen molar-refractivity contribution in [3.05, 3.63) is 120 Å². The van der Waals surface area contributed by atoms with E-state index in [9.17, 15) is 14.0 Å². The van der Waals surface area contributed by atoms with Crippen molar-refractivity contribution in [3.8, 4) is 0 Å². The van der Waals surface area contributed by atoms with Crippen molar-refractivity contribution in [2.45, 2.75) is 0 Å². The normalized spacial score (nSPS) is 25.5. The lowest BCUT2D eigenvalue weighted by Gasteiger charge is -2.21. The molecule has 3 aromatic rings. The van der Waals surface area contributed by atoms with E-state index in [0.29, 0.717) is 5.69 Å². The van der Waals surface area contributed by atoms with E-state index < -0.39 is 17.7 Å². The van der Waals surface area contributed by atoms with Crippen molar-refractivity contribution < 1.29 is 14.0 Å².